The molecule has 4 nitrogen and oxygen atoms in total. The molecule has 1 heterocycles. The van der Waals surface area contributed by atoms with Gasteiger partial charge in [-0.05, 0) is 52.4 Å². The molecule has 192 valence electrons. The lowest BCUT2D eigenvalue weighted by atomic mass is 9.75. The predicted octanol–water partition coefficient (Wildman–Crippen LogP) is 6.42. The van der Waals surface area contributed by atoms with Crippen LogP contribution in [0.25, 0.3) is 0 Å². The van der Waals surface area contributed by atoms with Gasteiger partial charge in [-0.1, -0.05) is 13.8 Å². The van der Waals surface area contributed by atoms with Gasteiger partial charge in [0.15, 0.2) is 0 Å². The fraction of sp³-hybridized carbons (Fsp3) is 1.00. The number of hydrogen-bond acceptors (Lipinski definition) is 4. The van der Waals surface area contributed by atoms with E-state index in [4.69, 9.17) is 4.74 Å². The normalized spacial score (nSPS) is 22.9. The smallest absolute Gasteiger partial charge is 0.378 e. The Balaban J connectivity index is 2.70. The van der Waals surface area contributed by atoms with E-state index >= 15 is 0 Å². The van der Waals surface area contributed by atoms with Crippen LogP contribution in [0.5, 0.6) is 0 Å². The van der Waals surface area contributed by atoms with E-state index in [1.807, 2.05) is 13.8 Å². The largest absolute Gasteiger partial charge is 0.435 e. The van der Waals surface area contributed by atoms with E-state index < -0.39 is 48.2 Å². The van der Waals surface area contributed by atoms with E-state index in [9.17, 15) is 44.7 Å². The van der Waals surface area contributed by atoms with Crippen LogP contribution in [0.3, 0.4) is 0 Å². The lowest BCUT2D eigenvalue weighted by Crippen LogP contribution is -2.67. The van der Waals surface area contributed by atoms with Crippen molar-refractivity contribution in [1.29, 1.82) is 0 Å². The van der Waals surface area contributed by atoms with Crippen LogP contribution in [-0.4, -0.2) is 64.8 Å². The first-order chi connectivity index (χ1) is 14.3. The second-order valence-corrected chi connectivity index (χ2v) is 8.69. The van der Waals surface area contributed by atoms with Crippen molar-refractivity contribution in [1.82, 2.24) is 5.06 Å². The topological polar surface area (TPSA) is 41.9 Å². The van der Waals surface area contributed by atoms with Crippen molar-refractivity contribution < 1.29 is 54.2 Å². The van der Waals surface area contributed by atoms with Crippen LogP contribution in [0.4, 0.5) is 39.5 Å². The van der Waals surface area contributed by atoms with Gasteiger partial charge in [0, 0.05) is 24.3 Å². The third kappa shape index (κ3) is 5.64. The second-order valence-electron chi connectivity index (χ2n) is 8.69. The Morgan fingerprint density at radius 1 is 0.812 bits per heavy atom. The van der Waals surface area contributed by atoms with Crippen molar-refractivity contribution in [3.63, 3.8) is 0 Å². The van der Waals surface area contributed by atoms with Crippen molar-refractivity contribution >= 4 is 0 Å². The summed E-state index contributed by atoms with van der Waals surface area (Å²) in [5.41, 5.74) is -7.43. The van der Waals surface area contributed by atoms with Gasteiger partial charge in [-0.2, -0.15) is 44.6 Å². The number of ether oxygens (including phenoxy) is 2. The molecule has 1 aliphatic heterocycles. The molecule has 1 saturated heterocycles. The van der Waals surface area contributed by atoms with Gasteiger partial charge in [0.1, 0.15) is 0 Å². The summed E-state index contributed by atoms with van der Waals surface area (Å²) in [4.78, 5) is 0. The van der Waals surface area contributed by atoms with E-state index in [1.54, 1.807) is 13.8 Å². The van der Waals surface area contributed by atoms with Crippen LogP contribution in [0.15, 0.2) is 0 Å². The van der Waals surface area contributed by atoms with Gasteiger partial charge in [0.05, 0.1) is 6.10 Å². The number of unbranched alkanes of at least 4 members (excludes halogenated alkanes) is 1. The average molecular weight is 491 g/mol. The highest BCUT2D eigenvalue weighted by atomic mass is 19.4. The molecule has 0 aliphatic carbocycles. The summed E-state index contributed by atoms with van der Waals surface area (Å²) in [7, 11) is 0. The summed E-state index contributed by atoms with van der Waals surface area (Å²) >= 11 is 0. The third-order valence-corrected chi connectivity index (χ3v) is 6.08. The number of halogens is 9. The molecule has 1 rings (SSSR count). The summed E-state index contributed by atoms with van der Waals surface area (Å²) in [6.45, 7) is 5.92. The zero-order valence-corrected chi connectivity index (χ0v) is 18.3. The van der Waals surface area contributed by atoms with Crippen molar-refractivity contribution in [2.75, 3.05) is 13.2 Å². The molecule has 0 aromatic rings. The van der Waals surface area contributed by atoms with Gasteiger partial charge in [-0.15, -0.1) is 0 Å². The minimum atomic E-state index is -6.73. The molecule has 1 aliphatic rings. The predicted molar refractivity (Wildman–Crippen MR) is 96.1 cm³/mol. The summed E-state index contributed by atoms with van der Waals surface area (Å²) in [6.07, 6.45) is -19.0. The maximum absolute atomic E-state index is 12.8. The molecule has 0 amide bonds. The summed E-state index contributed by atoms with van der Waals surface area (Å²) in [6, 6.07) is 0. The number of nitrogens with zero attached hydrogens (tertiary/aromatic N) is 1. The zero-order chi connectivity index (χ0) is 25.2. The van der Waals surface area contributed by atoms with Gasteiger partial charge in [-0.25, -0.2) is 0 Å². The molecule has 0 bridgehead atoms. The molecule has 0 aromatic heterocycles. The van der Waals surface area contributed by atoms with Crippen molar-refractivity contribution in [2.24, 2.45) is 0 Å². The van der Waals surface area contributed by atoms with Crippen LogP contribution in [0.1, 0.15) is 66.2 Å². The van der Waals surface area contributed by atoms with Crippen molar-refractivity contribution in [2.45, 2.75) is 108 Å². The molecule has 32 heavy (non-hydrogen) atoms. The first-order valence-electron chi connectivity index (χ1n) is 10.3. The minimum absolute atomic E-state index is 0.0872. The van der Waals surface area contributed by atoms with Gasteiger partial charge in [-0.3, -0.25) is 0 Å². The van der Waals surface area contributed by atoms with Crippen LogP contribution in [-0.2, 0) is 9.47 Å². The molecule has 1 N–H and O–H groups in total. The van der Waals surface area contributed by atoms with Crippen LogP contribution >= 0.6 is 0 Å². The monoisotopic (exact) mass is 491 g/mol. The molecule has 0 aromatic carbocycles. The molecule has 0 saturated carbocycles. The SMILES string of the molecule is CCC1(CC)CC(OCCCCOC(C(F)(F)F)(C(F)(F)F)C(F)(F)F)CC(C)(C)N1O. The van der Waals surface area contributed by atoms with Gasteiger partial charge >= 0.3 is 24.1 Å². The quantitative estimate of drug-likeness (QED) is 0.299. The maximum Gasteiger partial charge on any atom is 0.435 e. The Labute approximate surface area is 181 Å². The van der Waals surface area contributed by atoms with E-state index in [0.717, 1.165) is 0 Å². The van der Waals surface area contributed by atoms with Crippen LogP contribution in [0, 0.1) is 0 Å². The summed E-state index contributed by atoms with van der Waals surface area (Å²) < 4.78 is 124. The number of piperidine rings is 1. The summed E-state index contributed by atoms with van der Waals surface area (Å²) in [5, 5.41) is 11.9. The Hall–Kier alpha value is -0.790. The highest BCUT2D eigenvalue weighted by Gasteiger charge is 2.85. The van der Waals surface area contributed by atoms with E-state index in [1.165, 1.54) is 5.06 Å². The third-order valence-electron chi connectivity index (χ3n) is 6.08. The van der Waals surface area contributed by atoms with Gasteiger partial charge in [0.25, 0.3) is 0 Å². The van der Waals surface area contributed by atoms with Crippen LogP contribution < -0.4 is 0 Å². The van der Waals surface area contributed by atoms with Crippen LogP contribution in [0.2, 0.25) is 0 Å². The fourth-order valence-corrected chi connectivity index (χ4v) is 4.23. The Bertz CT molecular complexity index is 562. The van der Waals surface area contributed by atoms with Crippen molar-refractivity contribution in [3.8, 4) is 0 Å². The molecule has 13 heteroatoms. The number of hydrogen-bond donors (Lipinski definition) is 1. The Kier molecular flexibility index (Phi) is 8.98. The van der Waals surface area contributed by atoms with Gasteiger partial charge in [0.2, 0.25) is 0 Å². The highest BCUT2D eigenvalue weighted by Crippen LogP contribution is 2.55. The average Bonchev–Trinajstić information content (AvgIpc) is 2.60. The zero-order valence-electron chi connectivity index (χ0n) is 18.3. The summed E-state index contributed by atoms with van der Waals surface area (Å²) in [5.74, 6) is 0. The molecule has 0 spiro atoms. The van der Waals surface area contributed by atoms with Gasteiger partial charge < -0.3 is 14.7 Å². The number of hydroxylamine groups is 2. The maximum atomic E-state index is 12.8. The van der Waals surface area contributed by atoms with E-state index in [-0.39, 0.29) is 19.1 Å². The first-order valence-corrected chi connectivity index (χ1v) is 10.3. The molecule has 0 radical (unpaired) electrons. The number of alkyl halides is 9. The molecule has 1 fully saturated rings. The minimum Gasteiger partial charge on any atom is -0.378 e. The highest BCUT2D eigenvalue weighted by molar-refractivity contribution is 5.02. The fourth-order valence-electron chi connectivity index (χ4n) is 4.23. The van der Waals surface area contributed by atoms with Crippen molar-refractivity contribution in [3.05, 3.63) is 0 Å². The molecule has 1 atom stereocenters. The lowest BCUT2D eigenvalue weighted by Gasteiger charge is -2.54. The number of rotatable bonds is 9. The Morgan fingerprint density at radius 2 is 1.25 bits per heavy atom. The standard InChI is InChI=1S/C19H30F9NO3/c1-5-15(6-2)12-13(11-14(3,4)29(15)30)31-9-7-8-10-32-16(17(20,21)22,18(23,24)25)19(26,27)28/h13,30H,5-12H2,1-4H3. The van der Waals surface area contributed by atoms with E-state index in [0.29, 0.717) is 25.7 Å². The molecular formula is C19H30F9NO3. The lowest BCUT2D eigenvalue weighted by molar-refractivity contribution is -0.457. The first kappa shape index (κ1) is 29.2. The molecule has 1 unspecified atom stereocenters. The Morgan fingerprint density at radius 3 is 1.66 bits per heavy atom. The van der Waals surface area contributed by atoms with E-state index in [2.05, 4.69) is 4.74 Å². The second kappa shape index (κ2) is 9.83. The molecular weight excluding hydrogens is 461 g/mol.